The Kier molecular flexibility index (Phi) is 6.58. The summed E-state index contributed by atoms with van der Waals surface area (Å²) >= 11 is 0. The lowest BCUT2D eigenvalue weighted by Crippen LogP contribution is -2.65. The highest BCUT2D eigenvalue weighted by Gasteiger charge is 2.64. The van der Waals surface area contributed by atoms with Crippen LogP contribution in [0.25, 0.3) is 0 Å². The van der Waals surface area contributed by atoms with Gasteiger partial charge in [0.05, 0.1) is 6.10 Å². The molecular weight excluding hydrogens is 382 g/mol. The predicted molar refractivity (Wildman–Crippen MR) is 128 cm³/mol. The Bertz CT molecular complexity index is 661. The minimum absolute atomic E-state index is 0.269. The van der Waals surface area contributed by atoms with E-state index in [4.69, 9.17) is 4.74 Å². The molecule has 3 heteroatoms. The van der Waals surface area contributed by atoms with E-state index in [-0.39, 0.29) is 5.41 Å². The van der Waals surface area contributed by atoms with Gasteiger partial charge in [0.1, 0.15) is 0 Å². The van der Waals surface area contributed by atoms with Crippen molar-refractivity contribution in [3.05, 3.63) is 0 Å². The first-order valence-electron chi connectivity index (χ1n) is 13.4. The quantitative estimate of drug-likeness (QED) is 0.477. The number of carbonyl (C=O) groups is 1. The summed E-state index contributed by atoms with van der Waals surface area (Å²) in [7, 11) is 3.98. The van der Waals surface area contributed by atoms with Crippen LogP contribution in [0, 0.1) is 46.3 Å². The zero-order chi connectivity index (χ0) is 22.6. The SMILES string of the molecule is CO[C@H]1C[C@H]2N(C)C(=O)CC[C@]2(C)C2CC[C@]3(C)C(C(C)CCCC(C)C)CCC3C21. The fraction of sp³-hybridized carbons (Fsp3) is 0.964. The highest BCUT2D eigenvalue weighted by Crippen LogP contribution is 2.67. The highest BCUT2D eigenvalue weighted by atomic mass is 16.5. The third-order valence-corrected chi connectivity index (χ3v) is 11.1. The van der Waals surface area contributed by atoms with E-state index in [9.17, 15) is 4.79 Å². The summed E-state index contributed by atoms with van der Waals surface area (Å²) < 4.78 is 6.24. The van der Waals surface area contributed by atoms with Gasteiger partial charge in [-0.15, -0.1) is 0 Å². The van der Waals surface area contributed by atoms with Crippen molar-refractivity contribution >= 4 is 5.91 Å². The summed E-state index contributed by atoms with van der Waals surface area (Å²) in [6.45, 7) is 12.4. The summed E-state index contributed by atoms with van der Waals surface area (Å²) in [4.78, 5) is 14.6. The minimum Gasteiger partial charge on any atom is -0.381 e. The second-order valence-electron chi connectivity index (χ2n) is 12.9. The van der Waals surface area contributed by atoms with Crippen molar-refractivity contribution in [3.63, 3.8) is 0 Å². The summed E-state index contributed by atoms with van der Waals surface area (Å²) in [5, 5.41) is 0. The van der Waals surface area contributed by atoms with Crippen molar-refractivity contribution in [1.82, 2.24) is 4.90 Å². The van der Waals surface area contributed by atoms with Crippen LogP contribution in [0.1, 0.15) is 98.8 Å². The maximum Gasteiger partial charge on any atom is 0.222 e. The van der Waals surface area contributed by atoms with Gasteiger partial charge >= 0.3 is 0 Å². The number of hydrogen-bond donors (Lipinski definition) is 0. The van der Waals surface area contributed by atoms with Crippen molar-refractivity contribution < 1.29 is 9.53 Å². The molecule has 5 unspecified atom stereocenters. The molecule has 31 heavy (non-hydrogen) atoms. The standard InChI is InChI=1S/C28H49NO2/c1-18(2)9-8-10-19(3)20-11-12-21-26-22(13-15-27(20,21)4)28(5)16-14-25(30)29(6)24(28)17-23(26)31-7/h18-24,26H,8-17H2,1-7H3/t19?,20?,21?,22?,23-,24+,26?,27+,28+/m0/s1. The first-order chi connectivity index (χ1) is 14.6. The fourth-order valence-corrected chi connectivity index (χ4v) is 9.33. The second-order valence-corrected chi connectivity index (χ2v) is 12.9. The third-order valence-electron chi connectivity index (χ3n) is 11.1. The number of fused-ring (bicyclic) bond motifs is 5. The molecule has 0 bridgehead atoms. The lowest BCUT2D eigenvalue weighted by molar-refractivity contribution is -0.186. The predicted octanol–water partition coefficient (Wildman–Crippen LogP) is 6.55. The Morgan fingerprint density at radius 2 is 1.74 bits per heavy atom. The number of ether oxygens (including phenoxy) is 1. The van der Waals surface area contributed by atoms with Gasteiger partial charge in [0.15, 0.2) is 0 Å². The van der Waals surface area contributed by atoms with Gasteiger partial charge in [0, 0.05) is 26.6 Å². The molecular formula is C28H49NO2. The van der Waals surface area contributed by atoms with Gasteiger partial charge in [-0.3, -0.25) is 4.79 Å². The molecule has 1 amide bonds. The number of rotatable bonds is 6. The smallest absolute Gasteiger partial charge is 0.222 e. The van der Waals surface area contributed by atoms with Crippen molar-refractivity contribution in [2.75, 3.05) is 14.2 Å². The number of piperidine rings is 1. The molecule has 4 rings (SSSR count). The first kappa shape index (κ1) is 23.6. The molecule has 3 saturated carbocycles. The number of hydrogen-bond acceptors (Lipinski definition) is 2. The number of carbonyl (C=O) groups excluding carboxylic acids is 1. The summed E-state index contributed by atoms with van der Waals surface area (Å²) in [5.41, 5.74) is 0.749. The molecule has 1 heterocycles. The van der Waals surface area contributed by atoms with Gasteiger partial charge in [-0.05, 0) is 84.9 Å². The molecule has 0 N–H and O–H groups in total. The van der Waals surface area contributed by atoms with Crippen molar-refractivity contribution in [2.24, 2.45) is 46.3 Å². The number of methoxy groups -OCH3 is 1. The van der Waals surface area contributed by atoms with Crippen LogP contribution in [-0.4, -0.2) is 37.1 Å². The molecule has 9 atom stereocenters. The van der Waals surface area contributed by atoms with Crippen LogP contribution < -0.4 is 0 Å². The third kappa shape index (κ3) is 3.79. The molecule has 0 aromatic heterocycles. The van der Waals surface area contributed by atoms with E-state index in [1.54, 1.807) is 0 Å². The van der Waals surface area contributed by atoms with E-state index in [2.05, 4.69) is 46.6 Å². The lowest BCUT2D eigenvalue weighted by Gasteiger charge is -2.63. The maximum atomic E-state index is 12.5. The van der Waals surface area contributed by atoms with E-state index in [1.165, 1.54) is 44.9 Å². The van der Waals surface area contributed by atoms with Crippen molar-refractivity contribution in [2.45, 2.75) is 111 Å². The Hall–Kier alpha value is -0.570. The molecule has 4 fully saturated rings. The Morgan fingerprint density at radius 3 is 2.42 bits per heavy atom. The Balaban J connectivity index is 1.56. The Morgan fingerprint density at radius 1 is 1.03 bits per heavy atom. The van der Waals surface area contributed by atoms with E-state index in [1.807, 2.05) is 7.11 Å². The van der Waals surface area contributed by atoms with Crippen LogP contribution in [0.15, 0.2) is 0 Å². The van der Waals surface area contributed by atoms with Crippen LogP contribution >= 0.6 is 0 Å². The van der Waals surface area contributed by atoms with Gasteiger partial charge < -0.3 is 9.64 Å². The molecule has 4 aliphatic rings. The van der Waals surface area contributed by atoms with Gasteiger partial charge in [0.2, 0.25) is 5.91 Å². The summed E-state index contributed by atoms with van der Waals surface area (Å²) in [5.74, 6) is 5.08. The van der Waals surface area contributed by atoms with E-state index >= 15 is 0 Å². The molecule has 1 saturated heterocycles. The molecule has 178 valence electrons. The van der Waals surface area contributed by atoms with Gasteiger partial charge in [-0.1, -0.05) is 53.9 Å². The first-order valence-corrected chi connectivity index (χ1v) is 13.4. The lowest BCUT2D eigenvalue weighted by atomic mass is 9.45. The van der Waals surface area contributed by atoms with E-state index < -0.39 is 0 Å². The van der Waals surface area contributed by atoms with Gasteiger partial charge in [-0.2, -0.15) is 0 Å². The van der Waals surface area contributed by atoms with Crippen molar-refractivity contribution in [3.8, 4) is 0 Å². The van der Waals surface area contributed by atoms with Crippen LogP contribution in [0.5, 0.6) is 0 Å². The fourth-order valence-electron chi connectivity index (χ4n) is 9.33. The zero-order valence-corrected chi connectivity index (χ0v) is 21.5. The molecule has 0 aromatic carbocycles. The van der Waals surface area contributed by atoms with Gasteiger partial charge in [0.25, 0.3) is 0 Å². The normalized spacial score (nSPS) is 45.9. The highest BCUT2D eigenvalue weighted by molar-refractivity contribution is 5.77. The topological polar surface area (TPSA) is 29.5 Å². The summed E-state index contributed by atoms with van der Waals surface area (Å²) in [6, 6.07) is 0.358. The average Bonchev–Trinajstić information content (AvgIpc) is 3.08. The monoisotopic (exact) mass is 431 g/mol. The largest absolute Gasteiger partial charge is 0.381 e. The van der Waals surface area contributed by atoms with Gasteiger partial charge in [-0.25, -0.2) is 0 Å². The van der Waals surface area contributed by atoms with Crippen LogP contribution in [0.2, 0.25) is 0 Å². The van der Waals surface area contributed by atoms with Crippen molar-refractivity contribution in [1.29, 1.82) is 0 Å². The number of amides is 1. The molecule has 0 aromatic rings. The van der Waals surface area contributed by atoms with Crippen LogP contribution in [-0.2, 0) is 9.53 Å². The van der Waals surface area contributed by atoms with Crippen LogP contribution in [0.4, 0.5) is 0 Å². The molecule has 0 radical (unpaired) electrons. The molecule has 3 aliphatic carbocycles. The molecule has 3 nitrogen and oxygen atoms in total. The number of nitrogens with zero attached hydrogens (tertiary/aromatic N) is 1. The minimum atomic E-state index is 0.269. The summed E-state index contributed by atoms with van der Waals surface area (Å²) in [6.07, 6.45) is 12.9. The van der Waals surface area contributed by atoms with E-state index in [0.717, 1.165) is 42.9 Å². The zero-order valence-electron chi connectivity index (χ0n) is 21.5. The second kappa shape index (κ2) is 8.65. The maximum absolute atomic E-state index is 12.5. The molecule has 0 spiro atoms. The average molecular weight is 432 g/mol. The van der Waals surface area contributed by atoms with E-state index in [0.29, 0.717) is 35.3 Å². The molecule has 1 aliphatic heterocycles. The van der Waals surface area contributed by atoms with Crippen LogP contribution in [0.3, 0.4) is 0 Å². The Labute approximate surface area is 192 Å². The number of likely N-dealkylation sites (tertiary alicyclic amines) is 1.